The van der Waals surface area contributed by atoms with Crippen molar-refractivity contribution in [2.24, 2.45) is 0 Å². The number of aryl methyl sites for hydroxylation is 1. The van der Waals surface area contributed by atoms with Crippen molar-refractivity contribution in [2.75, 3.05) is 10.7 Å². The molecule has 0 saturated carbocycles. The molecule has 1 unspecified atom stereocenters. The Bertz CT molecular complexity index is 1090. The van der Waals surface area contributed by atoms with Gasteiger partial charge in [-0.1, -0.05) is 48.2 Å². The van der Waals surface area contributed by atoms with Crippen molar-refractivity contribution in [3.63, 3.8) is 0 Å². The molecule has 2 heterocycles. The fourth-order valence-electron chi connectivity index (χ4n) is 3.67. The second-order valence-corrected chi connectivity index (χ2v) is 7.80. The average Bonchev–Trinajstić information content (AvgIpc) is 3.01. The summed E-state index contributed by atoms with van der Waals surface area (Å²) in [5.41, 5.74) is 4.67. The molecular weight excluding hydrogens is 354 g/mol. The van der Waals surface area contributed by atoms with Crippen LogP contribution in [0.5, 0.6) is 0 Å². The van der Waals surface area contributed by atoms with E-state index in [-0.39, 0.29) is 17.7 Å². The molecular formula is C22H19N3OS. The maximum atomic E-state index is 12.9. The van der Waals surface area contributed by atoms with Gasteiger partial charge in [-0.05, 0) is 43.5 Å². The lowest BCUT2D eigenvalue weighted by molar-refractivity contribution is -0.116. The molecule has 0 bridgehead atoms. The standard InChI is InChI=1S/C22H19N3OS/c1-14-6-5-8-17-11-18(12-23)22(24-21(14)17)27-13-20(26)25-15(2)10-16-7-3-4-9-19(16)25/h3-9,11,15H,10,13H2,1-2H3. The van der Waals surface area contributed by atoms with Crippen molar-refractivity contribution >= 4 is 34.3 Å². The zero-order chi connectivity index (χ0) is 19.0. The van der Waals surface area contributed by atoms with E-state index in [1.54, 1.807) is 0 Å². The van der Waals surface area contributed by atoms with Gasteiger partial charge in [-0.25, -0.2) is 4.98 Å². The fraction of sp³-hybridized carbons (Fsp3) is 0.227. The smallest absolute Gasteiger partial charge is 0.237 e. The van der Waals surface area contributed by atoms with E-state index in [1.165, 1.54) is 17.3 Å². The Hall–Kier alpha value is -2.84. The molecule has 27 heavy (non-hydrogen) atoms. The molecule has 0 spiro atoms. The van der Waals surface area contributed by atoms with Gasteiger partial charge in [0.15, 0.2) is 0 Å². The number of aromatic nitrogens is 1. The van der Waals surface area contributed by atoms with Crippen LogP contribution in [0.15, 0.2) is 53.6 Å². The average molecular weight is 373 g/mol. The summed E-state index contributed by atoms with van der Waals surface area (Å²) in [6, 6.07) is 18.2. The number of nitrogens with zero attached hydrogens (tertiary/aromatic N) is 3. The number of rotatable bonds is 3. The second-order valence-electron chi connectivity index (χ2n) is 6.83. The molecule has 0 fully saturated rings. The highest BCUT2D eigenvalue weighted by molar-refractivity contribution is 8.00. The molecule has 3 aromatic rings. The third kappa shape index (κ3) is 3.17. The first-order valence-electron chi connectivity index (χ1n) is 8.91. The Morgan fingerprint density at radius 1 is 1.30 bits per heavy atom. The van der Waals surface area contributed by atoms with E-state index >= 15 is 0 Å². The van der Waals surface area contributed by atoms with Crippen LogP contribution in [0, 0.1) is 18.3 Å². The number of benzene rings is 2. The molecule has 1 aromatic heterocycles. The van der Waals surface area contributed by atoms with Crippen molar-refractivity contribution in [1.82, 2.24) is 4.98 Å². The molecule has 4 rings (SSSR count). The predicted molar refractivity (Wildman–Crippen MR) is 109 cm³/mol. The van der Waals surface area contributed by atoms with Gasteiger partial charge in [-0.2, -0.15) is 5.26 Å². The molecule has 0 aliphatic carbocycles. The van der Waals surface area contributed by atoms with Gasteiger partial charge in [0.2, 0.25) is 5.91 Å². The molecule has 1 aliphatic heterocycles. The monoisotopic (exact) mass is 373 g/mol. The molecule has 0 radical (unpaired) electrons. The van der Waals surface area contributed by atoms with Crippen LogP contribution in [0.3, 0.4) is 0 Å². The van der Waals surface area contributed by atoms with Crippen molar-refractivity contribution in [3.05, 3.63) is 65.2 Å². The topological polar surface area (TPSA) is 57.0 Å². The van der Waals surface area contributed by atoms with Gasteiger partial charge in [-0.15, -0.1) is 0 Å². The van der Waals surface area contributed by atoms with Gasteiger partial charge in [0.1, 0.15) is 11.1 Å². The summed E-state index contributed by atoms with van der Waals surface area (Å²) >= 11 is 1.34. The summed E-state index contributed by atoms with van der Waals surface area (Å²) in [7, 11) is 0. The number of pyridine rings is 1. The summed E-state index contributed by atoms with van der Waals surface area (Å²) in [6.07, 6.45) is 0.878. The summed E-state index contributed by atoms with van der Waals surface area (Å²) in [5, 5.41) is 11.1. The van der Waals surface area contributed by atoms with Crippen LogP contribution in [0.1, 0.15) is 23.6 Å². The van der Waals surface area contributed by atoms with E-state index in [0.717, 1.165) is 28.6 Å². The Balaban J connectivity index is 1.59. The van der Waals surface area contributed by atoms with Crippen molar-refractivity contribution in [2.45, 2.75) is 31.3 Å². The number of carbonyl (C=O) groups is 1. The Labute approximate surface area is 162 Å². The van der Waals surface area contributed by atoms with E-state index in [0.29, 0.717) is 10.6 Å². The number of fused-ring (bicyclic) bond motifs is 2. The number of hydrogen-bond acceptors (Lipinski definition) is 4. The third-order valence-corrected chi connectivity index (χ3v) is 5.92. The first-order chi connectivity index (χ1) is 13.1. The lowest BCUT2D eigenvalue weighted by atomic mass is 10.1. The van der Waals surface area contributed by atoms with Crippen LogP contribution in [-0.2, 0) is 11.2 Å². The molecule has 2 aromatic carbocycles. The largest absolute Gasteiger partial charge is 0.308 e. The molecule has 1 atom stereocenters. The molecule has 4 nitrogen and oxygen atoms in total. The molecule has 1 amide bonds. The van der Waals surface area contributed by atoms with Gasteiger partial charge in [0.25, 0.3) is 0 Å². The van der Waals surface area contributed by atoms with Crippen LogP contribution in [-0.4, -0.2) is 22.7 Å². The van der Waals surface area contributed by atoms with Crippen LogP contribution in [0.4, 0.5) is 5.69 Å². The maximum absolute atomic E-state index is 12.9. The maximum Gasteiger partial charge on any atom is 0.237 e. The zero-order valence-electron chi connectivity index (χ0n) is 15.3. The van der Waals surface area contributed by atoms with Crippen LogP contribution in [0.2, 0.25) is 0 Å². The number of amides is 1. The summed E-state index contributed by atoms with van der Waals surface area (Å²) in [4.78, 5) is 19.5. The van der Waals surface area contributed by atoms with E-state index in [9.17, 15) is 10.1 Å². The Kier molecular flexibility index (Phi) is 4.59. The highest BCUT2D eigenvalue weighted by atomic mass is 32.2. The van der Waals surface area contributed by atoms with Crippen molar-refractivity contribution < 1.29 is 4.79 Å². The lowest BCUT2D eigenvalue weighted by Crippen LogP contribution is -2.37. The minimum absolute atomic E-state index is 0.0491. The van der Waals surface area contributed by atoms with Gasteiger partial charge >= 0.3 is 0 Å². The number of hydrogen-bond donors (Lipinski definition) is 0. The molecule has 5 heteroatoms. The summed E-state index contributed by atoms with van der Waals surface area (Å²) < 4.78 is 0. The highest BCUT2D eigenvalue weighted by Gasteiger charge is 2.30. The fourth-order valence-corrected chi connectivity index (χ4v) is 4.48. The first kappa shape index (κ1) is 17.6. The number of anilines is 1. The quantitative estimate of drug-likeness (QED) is 0.635. The van der Waals surface area contributed by atoms with Crippen molar-refractivity contribution in [1.29, 1.82) is 5.26 Å². The van der Waals surface area contributed by atoms with Gasteiger partial charge in [0, 0.05) is 17.1 Å². The number of nitriles is 1. The summed E-state index contributed by atoms with van der Waals surface area (Å²) in [5.74, 6) is 0.311. The van der Waals surface area contributed by atoms with E-state index in [1.807, 2.05) is 54.3 Å². The van der Waals surface area contributed by atoms with Gasteiger partial charge in [0.05, 0.1) is 16.8 Å². The van der Waals surface area contributed by atoms with E-state index < -0.39 is 0 Å². The normalized spacial score (nSPS) is 15.6. The van der Waals surface area contributed by atoms with E-state index in [4.69, 9.17) is 0 Å². The van der Waals surface area contributed by atoms with Crippen LogP contribution in [0.25, 0.3) is 10.9 Å². The number of thioether (sulfide) groups is 1. The van der Waals surface area contributed by atoms with Crippen LogP contribution >= 0.6 is 11.8 Å². The molecule has 0 saturated heterocycles. The van der Waals surface area contributed by atoms with E-state index in [2.05, 4.69) is 24.0 Å². The minimum Gasteiger partial charge on any atom is -0.308 e. The van der Waals surface area contributed by atoms with Gasteiger partial charge in [-0.3, -0.25) is 4.79 Å². The third-order valence-electron chi connectivity index (χ3n) is 4.94. The zero-order valence-corrected chi connectivity index (χ0v) is 16.1. The van der Waals surface area contributed by atoms with Gasteiger partial charge < -0.3 is 4.90 Å². The predicted octanol–water partition coefficient (Wildman–Crippen LogP) is 4.48. The first-order valence-corrected chi connectivity index (χ1v) is 9.90. The molecule has 134 valence electrons. The molecule has 0 N–H and O–H groups in total. The van der Waals surface area contributed by atoms with Crippen molar-refractivity contribution in [3.8, 4) is 6.07 Å². The SMILES string of the molecule is Cc1cccc2cc(C#N)c(SCC(=O)N3c4ccccc4CC3C)nc12. The minimum atomic E-state index is 0.0491. The number of carbonyl (C=O) groups excluding carboxylic acids is 1. The summed E-state index contributed by atoms with van der Waals surface area (Å²) in [6.45, 7) is 4.07. The Morgan fingerprint density at radius 3 is 2.93 bits per heavy atom. The Morgan fingerprint density at radius 2 is 2.11 bits per heavy atom. The second kappa shape index (κ2) is 7.05. The highest BCUT2D eigenvalue weighted by Crippen LogP contribution is 2.33. The molecule has 1 aliphatic rings. The lowest BCUT2D eigenvalue weighted by Gasteiger charge is -2.22. The van der Waals surface area contributed by atoms with Crippen LogP contribution < -0.4 is 4.90 Å². The number of para-hydroxylation sites is 2.